The van der Waals surface area contributed by atoms with Gasteiger partial charge < -0.3 is 10.6 Å². The van der Waals surface area contributed by atoms with Gasteiger partial charge in [0, 0.05) is 19.0 Å². The minimum absolute atomic E-state index is 0.00178. The third-order valence-corrected chi connectivity index (χ3v) is 4.89. The zero-order valence-corrected chi connectivity index (χ0v) is 14.4. The summed E-state index contributed by atoms with van der Waals surface area (Å²) in [5.74, 6) is -1.09. The van der Waals surface area contributed by atoms with Gasteiger partial charge in [-0.1, -0.05) is 12.1 Å². The third-order valence-electron chi connectivity index (χ3n) is 3.96. The van der Waals surface area contributed by atoms with E-state index in [1.165, 1.54) is 12.1 Å². The standard InChI is InChI=1S/C15H20N4O5S/c1-9-12(14(21)19-15(22)18-9)6-7-13(20)17-8-10-2-4-11(5-3-10)25(16,23)24/h2-5,9,12H,6-8H2,1H3,(H,17,20)(H2,16,23,24)(H2,18,19,21,22). The van der Waals surface area contributed by atoms with Gasteiger partial charge in [-0.2, -0.15) is 0 Å². The molecule has 2 rings (SSSR count). The minimum Gasteiger partial charge on any atom is -0.352 e. The van der Waals surface area contributed by atoms with Crippen LogP contribution in [-0.4, -0.2) is 32.3 Å². The normalized spacial score (nSPS) is 20.6. The molecule has 4 amide bonds. The van der Waals surface area contributed by atoms with Crippen LogP contribution >= 0.6 is 0 Å². The van der Waals surface area contributed by atoms with Crippen molar-refractivity contribution in [3.63, 3.8) is 0 Å². The number of carbonyl (C=O) groups is 3. The second-order valence-corrected chi connectivity index (χ2v) is 7.42. The zero-order chi connectivity index (χ0) is 18.6. The molecule has 1 aromatic carbocycles. The zero-order valence-electron chi connectivity index (χ0n) is 13.6. The summed E-state index contributed by atoms with van der Waals surface area (Å²) in [6.45, 7) is 1.94. The molecular weight excluding hydrogens is 348 g/mol. The van der Waals surface area contributed by atoms with E-state index in [9.17, 15) is 22.8 Å². The van der Waals surface area contributed by atoms with Crippen molar-refractivity contribution in [2.45, 2.75) is 37.2 Å². The number of nitrogens with one attached hydrogen (secondary N) is 3. The van der Waals surface area contributed by atoms with Crippen LogP contribution in [0.3, 0.4) is 0 Å². The number of carbonyl (C=O) groups excluding carboxylic acids is 3. The second-order valence-electron chi connectivity index (χ2n) is 5.86. The Morgan fingerprint density at radius 3 is 2.44 bits per heavy atom. The van der Waals surface area contributed by atoms with E-state index >= 15 is 0 Å². The quantitative estimate of drug-likeness (QED) is 0.538. The van der Waals surface area contributed by atoms with Crippen LogP contribution in [0.15, 0.2) is 29.2 Å². The van der Waals surface area contributed by atoms with Crippen molar-refractivity contribution in [2.75, 3.05) is 0 Å². The molecule has 0 aliphatic carbocycles. The van der Waals surface area contributed by atoms with Crippen LogP contribution in [0, 0.1) is 5.92 Å². The molecule has 0 saturated carbocycles. The van der Waals surface area contributed by atoms with E-state index in [0.717, 1.165) is 5.56 Å². The highest BCUT2D eigenvalue weighted by molar-refractivity contribution is 7.89. The van der Waals surface area contributed by atoms with E-state index in [1.807, 2.05) is 0 Å². The maximum Gasteiger partial charge on any atom is 0.321 e. The van der Waals surface area contributed by atoms with Crippen molar-refractivity contribution in [3.05, 3.63) is 29.8 Å². The average Bonchev–Trinajstić information content (AvgIpc) is 2.51. The molecule has 0 bridgehead atoms. The molecular formula is C15H20N4O5S. The number of rotatable bonds is 6. The number of hydrogen-bond donors (Lipinski definition) is 4. The lowest BCUT2D eigenvalue weighted by Crippen LogP contribution is -2.57. The van der Waals surface area contributed by atoms with Crippen LogP contribution in [0.4, 0.5) is 4.79 Å². The third kappa shape index (κ3) is 5.26. The fourth-order valence-electron chi connectivity index (χ4n) is 2.53. The van der Waals surface area contributed by atoms with E-state index < -0.39 is 22.0 Å². The number of imide groups is 1. The molecule has 1 fully saturated rings. The predicted molar refractivity (Wildman–Crippen MR) is 88.5 cm³/mol. The molecule has 1 aromatic rings. The summed E-state index contributed by atoms with van der Waals surface area (Å²) < 4.78 is 22.3. The van der Waals surface area contributed by atoms with E-state index in [4.69, 9.17) is 5.14 Å². The van der Waals surface area contributed by atoms with Crippen molar-refractivity contribution in [1.82, 2.24) is 16.0 Å². The van der Waals surface area contributed by atoms with Gasteiger partial charge in [0.05, 0.1) is 10.8 Å². The van der Waals surface area contributed by atoms with E-state index in [2.05, 4.69) is 16.0 Å². The van der Waals surface area contributed by atoms with Gasteiger partial charge >= 0.3 is 6.03 Å². The number of nitrogens with two attached hydrogens (primary N) is 1. The number of benzene rings is 1. The molecule has 2 atom stereocenters. The lowest BCUT2D eigenvalue weighted by molar-refractivity contribution is -0.126. The molecule has 0 aromatic heterocycles. The maximum absolute atomic E-state index is 11.9. The highest BCUT2D eigenvalue weighted by Gasteiger charge is 2.32. The molecule has 0 radical (unpaired) electrons. The Morgan fingerprint density at radius 1 is 1.24 bits per heavy atom. The minimum atomic E-state index is -3.74. The van der Waals surface area contributed by atoms with Crippen LogP contribution < -0.4 is 21.1 Å². The predicted octanol–water partition coefficient (Wildman–Crippen LogP) is -0.425. The van der Waals surface area contributed by atoms with Crippen molar-refractivity contribution in [1.29, 1.82) is 0 Å². The largest absolute Gasteiger partial charge is 0.352 e. The number of hydrogen-bond acceptors (Lipinski definition) is 5. The molecule has 1 heterocycles. The van der Waals surface area contributed by atoms with Crippen LogP contribution in [0.2, 0.25) is 0 Å². The van der Waals surface area contributed by atoms with Gasteiger partial charge in [-0.05, 0) is 31.0 Å². The van der Waals surface area contributed by atoms with Crippen LogP contribution in [-0.2, 0) is 26.2 Å². The number of primary sulfonamides is 1. The van der Waals surface area contributed by atoms with Crippen molar-refractivity contribution < 1.29 is 22.8 Å². The highest BCUT2D eigenvalue weighted by Crippen LogP contribution is 2.15. The monoisotopic (exact) mass is 368 g/mol. The van der Waals surface area contributed by atoms with Gasteiger partial charge in [-0.3, -0.25) is 14.9 Å². The maximum atomic E-state index is 11.9. The Bertz CT molecular complexity index is 776. The van der Waals surface area contributed by atoms with Gasteiger partial charge in [0.1, 0.15) is 0 Å². The van der Waals surface area contributed by atoms with Crippen LogP contribution in [0.5, 0.6) is 0 Å². The first kappa shape index (κ1) is 18.9. The summed E-state index contributed by atoms with van der Waals surface area (Å²) >= 11 is 0. The molecule has 1 aliphatic rings. The van der Waals surface area contributed by atoms with E-state index in [1.54, 1.807) is 19.1 Å². The SMILES string of the molecule is CC1NC(=O)NC(=O)C1CCC(=O)NCc1ccc(S(N)(=O)=O)cc1. The number of amides is 4. The lowest BCUT2D eigenvalue weighted by atomic mass is 9.93. The molecule has 1 saturated heterocycles. The molecule has 1 aliphatic heterocycles. The first-order valence-electron chi connectivity index (χ1n) is 7.66. The molecule has 2 unspecified atom stereocenters. The first-order valence-corrected chi connectivity index (χ1v) is 9.21. The number of sulfonamides is 1. The van der Waals surface area contributed by atoms with Gasteiger partial charge in [0.2, 0.25) is 21.8 Å². The molecule has 9 nitrogen and oxygen atoms in total. The first-order chi connectivity index (χ1) is 11.7. The highest BCUT2D eigenvalue weighted by atomic mass is 32.2. The summed E-state index contributed by atoms with van der Waals surface area (Å²) in [6, 6.07) is 5.00. The molecule has 136 valence electrons. The summed E-state index contributed by atoms with van der Waals surface area (Å²) in [7, 11) is -3.74. The van der Waals surface area contributed by atoms with E-state index in [-0.39, 0.29) is 35.7 Å². The average molecular weight is 368 g/mol. The van der Waals surface area contributed by atoms with Gasteiger partial charge in [-0.25, -0.2) is 18.4 Å². The van der Waals surface area contributed by atoms with Gasteiger partial charge in [0.25, 0.3) is 0 Å². The Kier molecular flexibility index (Phi) is 5.75. The van der Waals surface area contributed by atoms with Crippen LogP contribution in [0.1, 0.15) is 25.3 Å². The van der Waals surface area contributed by atoms with Gasteiger partial charge in [-0.15, -0.1) is 0 Å². The molecule has 0 spiro atoms. The Hall–Kier alpha value is -2.46. The topological polar surface area (TPSA) is 147 Å². The van der Waals surface area contributed by atoms with E-state index in [0.29, 0.717) is 6.42 Å². The fourth-order valence-corrected chi connectivity index (χ4v) is 3.04. The van der Waals surface area contributed by atoms with Crippen molar-refractivity contribution in [3.8, 4) is 0 Å². The smallest absolute Gasteiger partial charge is 0.321 e. The molecule has 10 heteroatoms. The fraction of sp³-hybridized carbons (Fsp3) is 0.400. The van der Waals surface area contributed by atoms with Crippen molar-refractivity contribution >= 4 is 27.9 Å². The summed E-state index contributed by atoms with van der Waals surface area (Å²) in [6.07, 6.45) is 0.441. The summed E-state index contributed by atoms with van der Waals surface area (Å²) in [5, 5.41) is 12.5. The Balaban J connectivity index is 1.81. The summed E-state index contributed by atoms with van der Waals surface area (Å²) in [5.41, 5.74) is 0.719. The van der Waals surface area contributed by atoms with Crippen molar-refractivity contribution in [2.24, 2.45) is 11.1 Å². The summed E-state index contributed by atoms with van der Waals surface area (Å²) in [4.78, 5) is 34.8. The molecule has 25 heavy (non-hydrogen) atoms. The van der Waals surface area contributed by atoms with Gasteiger partial charge in [0.15, 0.2) is 0 Å². The Morgan fingerprint density at radius 2 is 1.88 bits per heavy atom. The molecule has 5 N–H and O–H groups in total. The second kappa shape index (κ2) is 7.62. The Labute approximate surface area is 145 Å². The van der Waals surface area contributed by atoms with Crippen LogP contribution in [0.25, 0.3) is 0 Å². The number of urea groups is 1. The lowest BCUT2D eigenvalue weighted by Gasteiger charge is -2.28.